The first kappa shape index (κ1) is 11.5. The van der Waals surface area contributed by atoms with Crippen LogP contribution in [0.1, 0.15) is 17.4 Å². The van der Waals surface area contributed by atoms with Gasteiger partial charge in [-0.15, -0.1) is 0 Å². The Kier molecular flexibility index (Phi) is 3.04. The zero-order valence-electron chi connectivity index (χ0n) is 10.3. The van der Waals surface area contributed by atoms with Crippen molar-refractivity contribution in [1.82, 2.24) is 9.88 Å². The fourth-order valence-electron chi connectivity index (χ4n) is 1.70. The molecule has 4 nitrogen and oxygen atoms in total. The monoisotopic (exact) mass is 232 g/mol. The number of H-pyrrole nitrogens is 1. The lowest BCUT2D eigenvalue weighted by atomic mass is 10.2. The van der Waals surface area contributed by atoms with Crippen molar-refractivity contribution >= 4 is 16.8 Å². The summed E-state index contributed by atoms with van der Waals surface area (Å²) in [5.74, 6) is 0.782. The van der Waals surface area contributed by atoms with Gasteiger partial charge in [0.2, 0.25) is 0 Å². The summed E-state index contributed by atoms with van der Waals surface area (Å²) in [6.07, 6.45) is 0. The first-order valence-corrected chi connectivity index (χ1v) is 5.58. The summed E-state index contributed by atoms with van der Waals surface area (Å²) in [6.45, 7) is 2.64. The predicted molar refractivity (Wildman–Crippen MR) is 67.5 cm³/mol. The number of nitrogens with zero attached hydrogens (tertiary/aromatic N) is 1. The van der Waals surface area contributed by atoms with Crippen molar-refractivity contribution in [3.05, 3.63) is 30.0 Å². The van der Waals surface area contributed by atoms with E-state index < -0.39 is 0 Å². The third kappa shape index (κ3) is 2.11. The minimum Gasteiger partial charge on any atom is -0.497 e. The van der Waals surface area contributed by atoms with Crippen LogP contribution < -0.4 is 4.74 Å². The number of nitrogens with one attached hydrogen (secondary N) is 1. The lowest BCUT2D eigenvalue weighted by molar-refractivity contribution is 0.0797. The van der Waals surface area contributed by atoms with Crippen LogP contribution in [0, 0.1) is 0 Å². The van der Waals surface area contributed by atoms with Gasteiger partial charge in [0.25, 0.3) is 5.91 Å². The van der Waals surface area contributed by atoms with Crippen LogP contribution >= 0.6 is 0 Å². The quantitative estimate of drug-likeness (QED) is 0.882. The SMILES string of the molecule is CCN(C)C(=O)c1cc2ccc(OC)cc2[nH]1. The number of hydrogen-bond donors (Lipinski definition) is 1. The molecule has 2 rings (SSSR count). The fraction of sp³-hybridized carbons (Fsp3) is 0.308. The molecule has 0 bridgehead atoms. The molecule has 0 atom stereocenters. The second kappa shape index (κ2) is 4.49. The van der Waals surface area contributed by atoms with Crippen LogP contribution in [0.5, 0.6) is 5.75 Å². The van der Waals surface area contributed by atoms with E-state index in [9.17, 15) is 4.79 Å². The van der Waals surface area contributed by atoms with Gasteiger partial charge < -0.3 is 14.6 Å². The van der Waals surface area contributed by atoms with Crippen LogP contribution in [-0.4, -0.2) is 36.5 Å². The second-order valence-corrected chi connectivity index (χ2v) is 3.96. The molecule has 1 N–H and O–H groups in total. The van der Waals surface area contributed by atoms with E-state index in [-0.39, 0.29) is 5.91 Å². The normalized spacial score (nSPS) is 10.5. The van der Waals surface area contributed by atoms with E-state index in [1.165, 1.54) is 0 Å². The van der Waals surface area contributed by atoms with Crippen LogP contribution in [0.25, 0.3) is 10.9 Å². The van der Waals surface area contributed by atoms with E-state index in [2.05, 4.69) is 4.98 Å². The Bertz CT molecular complexity index is 545. The van der Waals surface area contributed by atoms with Gasteiger partial charge in [0, 0.05) is 30.6 Å². The average molecular weight is 232 g/mol. The number of fused-ring (bicyclic) bond motifs is 1. The van der Waals surface area contributed by atoms with Gasteiger partial charge in [-0.05, 0) is 25.1 Å². The van der Waals surface area contributed by atoms with Crippen molar-refractivity contribution in [3.63, 3.8) is 0 Å². The van der Waals surface area contributed by atoms with Gasteiger partial charge in [-0.2, -0.15) is 0 Å². The Morgan fingerprint density at radius 3 is 2.82 bits per heavy atom. The predicted octanol–water partition coefficient (Wildman–Crippen LogP) is 2.27. The zero-order chi connectivity index (χ0) is 12.4. The number of carbonyl (C=O) groups excluding carboxylic acids is 1. The smallest absolute Gasteiger partial charge is 0.270 e. The molecule has 0 fully saturated rings. The van der Waals surface area contributed by atoms with Crippen molar-refractivity contribution < 1.29 is 9.53 Å². The molecule has 0 unspecified atom stereocenters. The van der Waals surface area contributed by atoms with Gasteiger partial charge in [0.1, 0.15) is 11.4 Å². The molecule has 0 aliphatic carbocycles. The van der Waals surface area contributed by atoms with Gasteiger partial charge in [-0.3, -0.25) is 4.79 Å². The topological polar surface area (TPSA) is 45.3 Å². The molecule has 2 aromatic rings. The van der Waals surface area contributed by atoms with Gasteiger partial charge >= 0.3 is 0 Å². The molecule has 0 spiro atoms. The summed E-state index contributed by atoms with van der Waals surface area (Å²) >= 11 is 0. The number of aromatic nitrogens is 1. The molecule has 1 aromatic carbocycles. The van der Waals surface area contributed by atoms with E-state index in [0.29, 0.717) is 12.2 Å². The molecule has 1 aromatic heterocycles. The van der Waals surface area contributed by atoms with E-state index >= 15 is 0 Å². The fourth-order valence-corrected chi connectivity index (χ4v) is 1.70. The van der Waals surface area contributed by atoms with Gasteiger partial charge in [-0.25, -0.2) is 0 Å². The van der Waals surface area contributed by atoms with Gasteiger partial charge in [0.05, 0.1) is 7.11 Å². The summed E-state index contributed by atoms with van der Waals surface area (Å²) < 4.78 is 5.15. The van der Waals surface area contributed by atoms with Crippen LogP contribution in [0.2, 0.25) is 0 Å². The van der Waals surface area contributed by atoms with E-state index in [1.807, 2.05) is 31.2 Å². The van der Waals surface area contributed by atoms with Crippen LogP contribution in [0.15, 0.2) is 24.3 Å². The number of hydrogen-bond acceptors (Lipinski definition) is 2. The third-order valence-corrected chi connectivity index (χ3v) is 2.88. The molecular weight excluding hydrogens is 216 g/mol. The molecular formula is C13H16N2O2. The van der Waals surface area contributed by atoms with Crippen LogP contribution in [0.3, 0.4) is 0 Å². The summed E-state index contributed by atoms with van der Waals surface area (Å²) in [4.78, 5) is 16.7. The van der Waals surface area contributed by atoms with Gasteiger partial charge in [-0.1, -0.05) is 0 Å². The van der Waals surface area contributed by atoms with E-state index in [4.69, 9.17) is 4.74 Å². The summed E-state index contributed by atoms with van der Waals surface area (Å²) in [6, 6.07) is 7.57. The van der Waals surface area contributed by atoms with Crippen molar-refractivity contribution in [3.8, 4) is 5.75 Å². The number of carbonyl (C=O) groups is 1. The molecule has 17 heavy (non-hydrogen) atoms. The number of ether oxygens (including phenoxy) is 1. The lowest BCUT2D eigenvalue weighted by Crippen LogP contribution is -2.26. The first-order chi connectivity index (χ1) is 8.15. The van der Waals surface area contributed by atoms with E-state index in [1.54, 1.807) is 19.1 Å². The molecule has 0 aliphatic heterocycles. The third-order valence-electron chi connectivity index (χ3n) is 2.88. The molecule has 0 saturated heterocycles. The molecule has 0 saturated carbocycles. The van der Waals surface area contributed by atoms with Crippen LogP contribution in [-0.2, 0) is 0 Å². The molecule has 1 heterocycles. The highest BCUT2D eigenvalue weighted by atomic mass is 16.5. The summed E-state index contributed by atoms with van der Waals surface area (Å²) in [5.41, 5.74) is 1.52. The number of methoxy groups -OCH3 is 1. The summed E-state index contributed by atoms with van der Waals surface area (Å²) in [7, 11) is 3.41. The molecule has 0 aliphatic rings. The minimum absolute atomic E-state index is 0.00247. The highest BCUT2D eigenvalue weighted by molar-refractivity contribution is 5.98. The Balaban J connectivity index is 2.41. The van der Waals surface area contributed by atoms with Crippen molar-refractivity contribution in [1.29, 1.82) is 0 Å². The maximum Gasteiger partial charge on any atom is 0.270 e. The maximum atomic E-state index is 12.0. The Labute approximate surface area is 100 Å². The van der Waals surface area contributed by atoms with Crippen molar-refractivity contribution in [2.24, 2.45) is 0 Å². The molecule has 0 radical (unpaired) electrons. The van der Waals surface area contributed by atoms with Gasteiger partial charge in [0.15, 0.2) is 0 Å². The standard InChI is InChI=1S/C13H16N2O2/c1-4-15(2)13(16)12-7-9-5-6-10(17-3)8-11(9)14-12/h5-8,14H,4H2,1-3H3. The number of rotatable bonds is 3. The number of benzene rings is 1. The first-order valence-electron chi connectivity index (χ1n) is 5.58. The molecule has 1 amide bonds. The Morgan fingerprint density at radius 1 is 1.41 bits per heavy atom. The van der Waals surface area contributed by atoms with Crippen LogP contribution in [0.4, 0.5) is 0 Å². The number of amides is 1. The average Bonchev–Trinajstić information content (AvgIpc) is 2.79. The maximum absolute atomic E-state index is 12.0. The second-order valence-electron chi connectivity index (χ2n) is 3.96. The van der Waals surface area contributed by atoms with Crippen molar-refractivity contribution in [2.45, 2.75) is 6.92 Å². The summed E-state index contributed by atoms with van der Waals surface area (Å²) in [5, 5.41) is 1.01. The number of aromatic amines is 1. The Hall–Kier alpha value is -1.97. The highest BCUT2D eigenvalue weighted by Crippen LogP contribution is 2.21. The lowest BCUT2D eigenvalue weighted by Gasteiger charge is -2.12. The highest BCUT2D eigenvalue weighted by Gasteiger charge is 2.12. The largest absolute Gasteiger partial charge is 0.497 e. The van der Waals surface area contributed by atoms with Crippen molar-refractivity contribution in [2.75, 3.05) is 20.7 Å². The molecule has 90 valence electrons. The Morgan fingerprint density at radius 2 is 2.18 bits per heavy atom. The van der Waals surface area contributed by atoms with E-state index in [0.717, 1.165) is 16.7 Å². The molecule has 4 heteroatoms. The minimum atomic E-state index is 0.00247. The zero-order valence-corrected chi connectivity index (χ0v) is 10.3.